The molecule has 1 fully saturated rings. The van der Waals surface area contributed by atoms with E-state index >= 15 is 0 Å². The molecule has 3 aromatic carbocycles. The largest absolute Gasteiger partial charge is 0.496 e. The number of ketones is 1. The smallest absolute Gasteiger partial charge is 0.231 e. The van der Waals surface area contributed by atoms with E-state index in [-0.39, 0.29) is 12.6 Å². The molecule has 0 N–H and O–H groups in total. The third kappa shape index (κ3) is 3.88. The summed E-state index contributed by atoms with van der Waals surface area (Å²) in [6.45, 7) is 6.74. The van der Waals surface area contributed by atoms with Crippen molar-refractivity contribution in [2.75, 3.05) is 13.9 Å². The van der Waals surface area contributed by atoms with E-state index in [1.807, 2.05) is 24.3 Å². The highest BCUT2D eigenvalue weighted by Crippen LogP contribution is 2.51. The summed E-state index contributed by atoms with van der Waals surface area (Å²) in [5, 5.41) is 0. The normalized spacial score (nSPS) is 15.5. The average Bonchev–Trinajstić information content (AvgIpc) is 3.50. The van der Waals surface area contributed by atoms with Crippen LogP contribution in [0.5, 0.6) is 17.2 Å². The number of methoxy groups -OCH3 is 1. The minimum absolute atomic E-state index is 0.243. The Kier molecular flexibility index (Phi) is 5.40. The van der Waals surface area contributed by atoms with Crippen LogP contribution in [-0.2, 0) is 16.6 Å². The van der Waals surface area contributed by atoms with E-state index in [9.17, 15) is 4.79 Å². The van der Waals surface area contributed by atoms with E-state index in [0.29, 0.717) is 12.3 Å². The molecule has 3 aromatic rings. The van der Waals surface area contributed by atoms with Crippen LogP contribution in [0.25, 0.3) is 11.1 Å². The summed E-state index contributed by atoms with van der Waals surface area (Å²) in [6, 6.07) is 18.6. The van der Waals surface area contributed by atoms with Crippen molar-refractivity contribution in [1.29, 1.82) is 0 Å². The highest BCUT2D eigenvalue weighted by Gasteiger charge is 2.50. The van der Waals surface area contributed by atoms with Crippen molar-refractivity contribution in [3.63, 3.8) is 0 Å². The summed E-state index contributed by atoms with van der Waals surface area (Å²) in [5.74, 6) is 3.03. The maximum atomic E-state index is 13.5. The highest BCUT2D eigenvalue weighted by molar-refractivity contribution is 5.95. The average molecular weight is 443 g/mol. The lowest BCUT2D eigenvalue weighted by Gasteiger charge is -2.17. The number of hydrogen-bond donors (Lipinski definition) is 0. The van der Waals surface area contributed by atoms with Gasteiger partial charge >= 0.3 is 0 Å². The lowest BCUT2D eigenvalue weighted by atomic mass is 9.86. The third-order valence-corrected chi connectivity index (χ3v) is 7.06. The van der Waals surface area contributed by atoms with Crippen LogP contribution >= 0.6 is 0 Å². The first kappa shape index (κ1) is 21.6. The highest BCUT2D eigenvalue weighted by atomic mass is 16.7. The summed E-state index contributed by atoms with van der Waals surface area (Å²) in [7, 11) is 1.71. The number of benzene rings is 3. The predicted molar refractivity (Wildman–Crippen MR) is 129 cm³/mol. The predicted octanol–water partition coefficient (Wildman–Crippen LogP) is 6.37. The van der Waals surface area contributed by atoms with Crippen molar-refractivity contribution in [2.45, 2.75) is 51.4 Å². The second-order valence-electron chi connectivity index (χ2n) is 9.51. The van der Waals surface area contributed by atoms with E-state index in [4.69, 9.17) is 14.2 Å². The molecule has 4 nitrogen and oxygen atoms in total. The molecule has 0 saturated heterocycles. The maximum Gasteiger partial charge on any atom is 0.231 e. The van der Waals surface area contributed by atoms with E-state index in [2.05, 4.69) is 51.1 Å². The van der Waals surface area contributed by atoms with Gasteiger partial charge in [0.05, 0.1) is 12.5 Å². The Balaban J connectivity index is 1.45. The van der Waals surface area contributed by atoms with Gasteiger partial charge in [-0.15, -0.1) is 0 Å². The van der Waals surface area contributed by atoms with Crippen LogP contribution in [0.2, 0.25) is 0 Å². The Bertz CT molecular complexity index is 1220. The molecule has 33 heavy (non-hydrogen) atoms. The molecule has 1 saturated carbocycles. The fourth-order valence-corrected chi connectivity index (χ4v) is 4.77. The zero-order valence-electron chi connectivity index (χ0n) is 19.7. The van der Waals surface area contributed by atoms with E-state index in [1.165, 1.54) is 11.1 Å². The Morgan fingerprint density at radius 1 is 0.970 bits per heavy atom. The molecule has 0 amide bonds. The molecule has 1 aliphatic carbocycles. The number of fused-ring (bicyclic) bond motifs is 1. The molecule has 2 aliphatic rings. The van der Waals surface area contributed by atoms with Crippen LogP contribution in [-0.4, -0.2) is 19.7 Å². The summed E-state index contributed by atoms with van der Waals surface area (Å²) in [4.78, 5) is 13.5. The van der Waals surface area contributed by atoms with Crippen molar-refractivity contribution < 1.29 is 19.0 Å². The van der Waals surface area contributed by atoms with Crippen LogP contribution in [0.3, 0.4) is 0 Å². The van der Waals surface area contributed by atoms with Gasteiger partial charge in [0.25, 0.3) is 0 Å². The molecular weight excluding hydrogens is 412 g/mol. The van der Waals surface area contributed by atoms with Crippen LogP contribution in [0.4, 0.5) is 0 Å². The van der Waals surface area contributed by atoms with Crippen molar-refractivity contribution in [3.05, 3.63) is 76.9 Å². The minimum atomic E-state index is -0.402. The lowest BCUT2D eigenvalue weighted by Crippen LogP contribution is -2.22. The molecule has 0 aromatic heterocycles. The molecule has 1 heterocycles. The van der Waals surface area contributed by atoms with Crippen molar-refractivity contribution in [1.82, 2.24) is 0 Å². The number of carbonyl (C=O) groups excluding carboxylic acids is 1. The molecular formula is C29H30O4. The van der Waals surface area contributed by atoms with Gasteiger partial charge in [-0.05, 0) is 77.8 Å². The first-order valence-corrected chi connectivity index (χ1v) is 11.6. The minimum Gasteiger partial charge on any atom is -0.496 e. The monoisotopic (exact) mass is 442 g/mol. The molecule has 0 bridgehead atoms. The van der Waals surface area contributed by atoms with Crippen molar-refractivity contribution >= 4 is 5.78 Å². The SMILES string of the molecule is COc1ccc(C(C)C)cc1-c1cc(CC(=O)C2(c3ccc4c(c3)OCO4)CC2)ccc1C. The Hall–Kier alpha value is -3.27. The first-order valence-electron chi connectivity index (χ1n) is 11.6. The third-order valence-electron chi connectivity index (χ3n) is 7.06. The van der Waals surface area contributed by atoms with Gasteiger partial charge in [0.2, 0.25) is 6.79 Å². The zero-order chi connectivity index (χ0) is 23.2. The summed E-state index contributed by atoms with van der Waals surface area (Å²) < 4.78 is 16.7. The molecule has 5 rings (SSSR count). The van der Waals surface area contributed by atoms with E-state index in [0.717, 1.165) is 52.3 Å². The van der Waals surface area contributed by atoms with Gasteiger partial charge in [0.15, 0.2) is 11.5 Å². The first-order chi connectivity index (χ1) is 15.9. The molecule has 170 valence electrons. The van der Waals surface area contributed by atoms with Crippen LogP contribution in [0.15, 0.2) is 54.6 Å². The van der Waals surface area contributed by atoms with E-state index in [1.54, 1.807) is 7.11 Å². The van der Waals surface area contributed by atoms with Crippen LogP contribution in [0, 0.1) is 6.92 Å². The molecule has 1 aliphatic heterocycles. The fraction of sp³-hybridized carbons (Fsp3) is 0.345. The quantitative estimate of drug-likeness (QED) is 0.427. The Morgan fingerprint density at radius 2 is 1.76 bits per heavy atom. The maximum absolute atomic E-state index is 13.5. The van der Waals surface area contributed by atoms with Gasteiger partial charge in [-0.1, -0.05) is 44.2 Å². The van der Waals surface area contributed by atoms with Crippen molar-refractivity contribution in [3.8, 4) is 28.4 Å². The Morgan fingerprint density at radius 3 is 2.48 bits per heavy atom. The Labute approximate surface area is 195 Å². The molecule has 4 heteroatoms. The lowest BCUT2D eigenvalue weighted by molar-refractivity contribution is -0.120. The fourth-order valence-electron chi connectivity index (χ4n) is 4.77. The molecule has 0 spiro atoms. The molecule has 0 unspecified atom stereocenters. The van der Waals surface area contributed by atoms with Gasteiger partial charge in [0, 0.05) is 12.0 Å². The number of carbonyl (C=O) groups is 1. The standard InChI is InChI=1S/C29H30O4/c1-18(2)21-7-9-25(31-4)24(15-21)23-13-20(6-5-19(23)3)14-28(30)29(11-12-29)22-8-10-26-27(16-22)33-17-32-26/h5-10,13,15-16,18H,11-12,14,17H2,1-4H3. The topological polar surface area (TPSA) is 44.8 Å². The van der Waals surface area contributed by atoms with Gasteiger partial charge in [-0.25, -0.2) is 0 Å². The van der Waals surface area contributed by atoms with Crippen LogP contribution in [0.1, 0.15) is 54.9 Å². The van der Waals surface area contributed by atoms with E-state index < -0.39 is 5.41 Å². The zero-order valence-corrected chi connectivity index (χ0v) is 19.7. The van der Waals surface area contributed by atoms with Gasteiger partial charge < -0.3 is 14.2 Å². The number of aryl methyl sites for hydroxylation is 1. The second kappa shape index (κ2) is 8.26. The number of hydrogen-bond acceptors (Lipinski definition) is 4. The summed E-state index contributed by atoms with van der Waals surface area (Å²) >= 11 is 0. The number of ether oxygens (including phenoxy) is 3. The van der Waals surface area contributed by atoms with Crippen molar-refractivity contribution in [2.24, 2.45) is 0 Å². The molecule has 0 atom stereocenters. The number of Topliss-reactive ketones (excluding diaryl/α,β-unsaturated/α-hetero) is 1. The van der Waals surface area contributed by atoms with Gasteiger partial charge in [-0.3, -0.25) is 4.79 Å². The number of rotatable bonds is 7. The van der Waals surface area contributed by atoms with Gasteiger partial charge in [-0.2, -0.15) is 0 Å². The summed E-state index contributed by atoms with van der Waals surface area (Å²) in [6.07, 6.45) is 2.18. The van der Waals surface area contributed by atoms with Gasteiger partial charge in [0.1, 0.15) is 11.5 Å². The summed E-state index contributed by atoms with van der Waals surface area (Å²) in [5.41, 5.74) is 6.30. The molecule has 0 radical (unpaired) electrons. The second-order valence-corrected chi connectivity index (χ2v) is 9.51. The van der Waals surface area contributed by atoms with Crippen LogP contribution < -0.4 is 14.2 Å².